The number of alkyl carbamates (subject to hydrolysis) is 1. The van der Waals surface area contributed by atoms with Crippen LogP contribution in [0.25, 0.3) is 0 Å². The largest absolute Gasteiger partial charge is 0.480 e. The molecular weight excluding hydrogens is 260 g/mol. The third-order valence-electron chi connectivity index (χ3n) is 2.37. The number of ether oxygens (including phenoxy) is 1. The molecule has 0 unspecified atom stereocenters. The molecule has 2 N–H and O–H groups in total. The second-order valence-electron chi connectivity index (χ2n) is 5.57. The predicted molar refractivity (Wildman–Crippen MR) is 73.5 cm³/mol. The van der Waals surface area contributed by atoms with Crippen LogP contribution in [0.15, 0.2) is 18.3 Å². The molecule has 0 aliphatic heterocycles. The third kappa shape index (κ3) is 5.69. The van der Waals surface area contributed by atoms with Crippen LogP contribution in [0.1, 0.15) is 32.0 Å². The Kier molecular flexibility index (Phi) is 5.07. The lowest BCUT2D eigenvalue weighted by Gasteiger charge is -2.21. The van der Waals surface area contributed by atoms with Gasteiger partial charge in [-0.05, 0) is 45.4 Å². The highest BCUT2D eigenvalue weighted by molar-refractivity contribution is 5.80. The van der Waals surface area contributed by atoms with E-state index in [0.29, 0.717) is 5.69 Å². The van der Waals surface area contributed by atoms with Crippen LogP contribution in [0, 0.1) is 6.92 Å². The lowest BCUT2D eigenvalue weighted by molar-refractivity contribution is -0.139. The van der Waals surface area contributed by atoms with Crippen LogP contribution in [-0.2, 0) is 16.0 Å². The summed E-state index contributed by atoms with van der Waals surface area (Å²) in [5.74, 6) is -1.13. The van der Waals surface area contributed by atoms with Crippen LogP contribution in [0.5, 0.6) is 0 Å². The zero-order chi connectivity index (χ0) is 15.3. The van der Waals surface area contributed by atoms with Crippen LogP contribution in [0.2, 0.25) is 0 Å². The molecule has 0 aromatic carbocycles. The third-order valence-corrected chi connectivity index (χ3v) is 2.37. The number of nitrogens with zero attached hydrogens (tertiary/aromatic N) is 1. The van der Waals surface area contributed by atoms with Gasteiger partial charge in [-0.2, -0.15) is 0 Å². The van der Waals surface area contributed by atoms with E-state index in [2.05, 4.69) is 10.3 Å². The number of pyridine rings is 1. The Morgan fingerprint density at radius 1 is 1.45 bits per heavy atom. The first kappa shape index (κ1) is 15.9. The van der Waals surface area contributed by atoms with E-state index in [-0.39, 0.29) is 6.42 Å². The van der Waals surface area contributed by atoms with E-state index >= 15 is 0 Å². The Bertz CT molecular complexity index is 494. The number of aliphatic carboxylic acids is 1. The Morgan fingerprint density at radius 2 is 2.10 bits per heavy atom. The molecule has 1 aromatic rings. The molecular formula is C14H20N2O4. The molecule has 0 aliphatic carbocycles. The van der Waals surface area contributed by atoms with E-state index in [1.807, 2.05) is 13.0 Å². The SMILES string of the molecule is Cc1ccnc(C[C@H](NC(=O)OC(C)(C)C)C(=O)O)c1. The zero-order valence-electron chi connectivity index (χ0n) is 12.1. The maximum absolute atomic E-state index is 11.6. The van der Waals surface area contributed by atoms with Crippen molar-refractivity contribution in [3.05, 3.63) is 29.6 Å². The second kappa shape index (κ2) is 6.36. The second-order valence-corrected chi connectivity index (χ2v) is 5.57. The summed E-state index contributed by atoms with van der Waals surface area (Å²) < 4.78 is 5.05. The van der Waals surface area contributed by atoms with Gasteiger partial charge in [-0.1, -0.05) is 0 Å². The molecule has 0 fully saturated rings. The molecule has 1 amide bonds. The molecule has 6 heteroatoms. The molecule has 110 valence electrons. The number of carbonyl (C=O) groups is 2. The molecule has 0 aliphatic rings. The molecule has 1 atom stereocenters. The zero-order valence-corrected chi connectivity index (χ0v) is 12.1. The fourth-order valence-corrected chi connectivity index (χ4v) is 1.57. The average molecular weight is 280 g/mol. The Hall–Kier alpha value is -2.11. The normalized spacial score (nSPS) is 12.6. The van der Waals surface area contributed by atoms with Crippen molar-refractivity contribution in [1.29, 1.82) is 0 Å². The molecule has 20 heavy (non-hydrogen) atoms. The summed E-state index contributed by atoms with van der Waals surface area (Å²) in [5, 5.41) is 11.5. The van der Waals surface area contributed by atoms with Crippen LogP contribution >= 0.6 is 0 Å². The van der Waals surface area contributed by atoms with Gasteiger partial charge in [-0.3, -0.25) is 4.98 Å². The van der Waals surface area contributed by atoms with Gasteiger partial charge in [-0.15, -0.1) is 0 Å². The summed E-state index contributed by atoms with van der Waals surface area (Å²) in [5.41, 5.74) is 0.916. The number of hydrogen-bond acceptors (Lipinski definition) is 4. The highest BCUT2D eigenvalue weighted by atomic mass is 16.6. The van der Waals surface area contributed by atoms with Crippen molar-refractivity contribution in [2.24, 2.45) is 0 Å². The first-order valence-electron chi connectivity index (χ1n) is 6.31. The van der Waals surface area contributed by atoms with E-state index in [9.17, 15) is 9.59 Å². The van der Waals surface area contributed by atoms with Crippen molar-refractivity contribution in [1.82, 2.24) is 10.3 Å². The summed E-state index contributed by atoms with van der Waals surface area (Å²) in [7, 11) is 0. The lowest BCUT2D eigenvalue weighted by Crippen LogP contribution is -2.44. The smallest absolute Gasteiger partial charge is 0.408 e. The standard InChI is InChI=1S/C14H20N2O4/c1-9-5-6-15-10(7-9)8-11(12(17)18)16-13(19)20-14(2,3)4/h5-7,11H,8H2,1-4H3,(H,16,19)(H,17,18)/t11-/m0/s1. The van der Waals surface area contributed by atoms with Crippen molar-refractivity contribution in [2.45, 2.75) is 45.8 Å². The highest BCUT2D eigenvalue weighted by Crippen LogP contribution is 2.08. The number of nitrogens with one attached hydrogen (secondary N) is 1. The Morgan fingerprint density at radius 3 is 2.60 bits per heavy atom. The monoisotopic (exact) mass is 280 g/mol. The Balaban J connectivity index is 2.71. The van der Waals surface area contributed by atoms with Crippen LogP contribution in [-0.4, -0.2) is 33.8 Å². The number of carboxylic acid groups (broad SMARTS) is 1. The van der Waals surface area contributed by atoms with Crippen LogP contribution in [0.4, 0.5) is 4.79 Å². The topological polar surface area (TPSA) is 88.5 Å². The summed E-state index contributed by atoms with van der Waals surface area (Å²) in [6, 6.07) is 2.53. The van der Waals surface area contributed by atoms with Crippen molar-refractivity contribution < 1.29 is 19.4 Å². The molecule has 6 nitrogen and oxygen atoms in total. The molecule has 0 saturated heterocycles. The molecule has 1 rings (SSSR count). The first-order valence-corrected chi connectivity index (χ1v) is 6.31. The summed E-state index contributed by atoms with van der Waals surface area (Å²) in [4.78, 5) is 26.9. The van der Waals surface area contributed by atoms with Gasteiger partial charge in [0.25, 0.3) is 0 Å². The van der Waals surface area contributed by atoms with Crippen molar-refractivity contribution in [3.8, 4) is 0 Å². The van der Waals surface area contributed by atoms with Crippen molar-refractivity contribution in [2.75, 3.05) is 0 Å². The van der Waals surface area contributed by atoms with Crippen molar-refractivity contribution in [3.63, 3.8) is 0 Å². The first-order chi connectivity index (χ1) is 9.17. The lowest BCUT2D eigenvalue weighted by atomic mass is 10.1. The van der Waals surface area contributed by atoms with Crippen LogP contribution < -0.4 is 5.32 Å². The quantitative estimate of drug-likeness (QED) is 0.879. The number of aromatic nitrogens is 1. The van der Waals surface area contributed by atoms with Gasteiger partial charge < -0.3 is 15.2 Å². The number of rotatable bonds is 4. The number of carboxylic acids is 1. The molecule has 0 bridgehead atoms. The van der Waals surface area contributed by atoms with E-state index in [1.54, 1.807) is 33.0 Å². The number of carbonyl (C=O) groups excluding carboxylic acids is 1. The molecule has 0 radical (unpaired) electrons. The number of aryl methyl sites for hydroxylation is 1. The Labute approximate surface area is 118 Å². The number of amides is 1. The molecule has 0 spiro atoms. The van der Waals surface area contributed by atoms with Crippen molar-refractivity contribution >= 4 is 12.1 Å². The van der Waals surface area contributed by atoms with Gasteiger partial charge in [0.2, 0.25) is 0 Å². The van der Waals surface area contributed by atoms with Crippen LogP contribution in [0.3, 0.4) is 0 Å². The fourth-order valence-electron chi connectivity index (χ4n) is 1.57. The van der Waals surface area contributed by atoms with Gasteiger partial charge in [-0.25, -0.2) is 9.59 Å². The van der Waals surface area contributed by atoms with E-state index in [4.69, 9.17) is 9.84 Å². The minimum atomic E-state index is -1.13. The maximum atomic E-state index is 11.6. The number of hydrogen-bond donors (Lipinski definition) is 2. The molecule has 1 aromatic heterocycles. The summed E-state index contributed by atoms with van der Waals surface area (Å²) in [6.45, 7) is 7.03. The minimum Gasteiger partial charge on any atom is -0.480 e. The average Bonchev–Trinajstić information content (AvgIpc) is 2.25. The summed E-state index contributed by atoms with van der Waals surface area (Å²) >= 11 is 0. The highest BCUT2D eigenvalue weighted by Gasteiger charge is 2.24. The van der Waals surface area contributed by atoms with Gasteiger partial charge in [0.05, 0.1) is 0 Å². The van der Waals surface area contributed by atoms with E-state index in [0.717, 1.165) is 5.56 Å². The van der Waals surface area contributed by atoms with Gasteiger partial charge in [0, 0.05) is 18.3 Å². The van der Waals surface area contributed by atoms with E-state index < -0.39 is 23.7 Å². The summed E-state index contributed by atoms with van der Waals surface area (Å²) in [6.07, 6.45) is 0.963. The van der Waals surface area contributed by atoms with Gasteiger partial charge in [0.1, 0.15) is 11.6 Å². The predicted octanol–water partition coefficient (Wildman–Crippen LogP) is 1.91. The van der Waals surface area contributed by atoms with Gasteiger partial charge in [0.15, 0.2) is 0 Å². The molecule has 0 saturated carbocycles. The fraction of sp³-hybridized carbons (Fsp3) is 0.500. The maximum Gasteiger partial charge on any atom is 0.408 e. The minimum absolute atomic E-state index is 0.107. The van der Waals surface area contributed by atoms with E-state index in [1.165, 1.54) is 0 Å². The molecule has 1 heterocycles. The van der Waals surface area contributed by atoms with Gasteiger partial charge >= 0.3 is 12.1 Å².